The molecule has 1 aromatic rings. The fraction of sp³-hybridized carbons (Fsp3) is 0.364. The zero-order valence-electron chi connectivity index (χ0n) is 9.12. The van der Waals surface area contributed by atoms with E-state index in [1.807, 2.05) is 0 Å². The highest BCUT2D eigenvalue weighted by atomic mass is 35.5. The molecule has 0 aliphatic heterocycles. The lowest BCUT2D eigenvalue weighted by atomic mass is 10.1. The lowest BCUT2D eigenvalue weighted by Gasteiger charge is -2.08. The topological polar surface area (TPSA) is 56.3 Å². The van der Waals surface area contributed by atoms with E-state index in [0.29, 0.717) is 22.9 Å². The van der Waals surface area contributed by atoms with Gasteiger partial charge in [-0.2, -0.15) is 0 Å². The largest absolute Gasteiger partial charge is 0.481 e. The molecule has 0 bridgehead atoms. The number of ketones is 1. The standard InChI is InChI=1S/C11H12ClNO3/c1-7-5-8(6-9(15)3-4-14)11(16-2)13-10(7)12/h4-5H,3,6H2,1-2H3. The average molecular weight is 242 g/mol. The van der Waals surface area contributed by atoms with E-state index in [0.717, 1.165) is 5.56 Å². The molecule has 0 aromatic carbocycles. The molecule has 0 radical (unpaired) electrons. The summed E-state index contributed by atoms with van der Waals surface area (Å²) in [5, 5.41) is 0.350. The molecule has 86 valence electrons. The Balaban J connectivity index is 2.98. The minimum Gasteiger partial charge on any atom is -0.481 e. The zero-order chi connectivity index (χ0) is 12.1. The van der Waals surface area contributed by atoms with Crippen molar-refractivity contribution in [2.45, 2.75) is 19.8 Å². The Morgan fingerprint density at radius 3 is 2.88 bits per heavy atom. The van der Waals surface area contributed by atoms with Crippen LogP contribution < -0.4 is 4.74 Å². The summed E-state index contributed by atoms with van der Waals surface area (Å²) in [5.74, 6) is 0.159. The van der Waals surface area contributed by atoms with E-state index >= 15 is 0 Å². The molecule has 1 heterocycles. The predicted molar refractivity (Wildman–Crippen MR) is 59.9 cm³/mol. The van der Waals surface area contributed by atoms with E-state index in [2.05, 4.69) is 4.98 Å². The first-order valence-corrected chi connectivity index (χ1v) is 5.11. The maximum atomic E-state index is 11.3. The molecule has 1 aromatic heterocycles. The van der Waals surface area contributed by atoms with E-state index in [1.54, 1.807) is 13.0 Å². The highest BCUT2D eigenvalue weighted by Crippen LogP contribution is 2.23. The number of hydrogen-bond donors (Lipinski definition) is 0. The SMILES string of the molecule is COc1nc(Cl)c(C)cc1CC(=O)CC=O. The summed E-state index contributed by atoms with van der Waals surface area (Å²) in [6.07, 6.45) is 0.628. The van der Waals surface area contributed by atoms with Gasteiger partial charge in [0, 0.05) is 12.0 Å². The number of aryl methyl sites for hydroxylation is 1. The summed E-state index contributed by atoms with van der Waals surface area (Å²) in [7, 11) is 1.46. The Morgan fingerprint density at radius 1 is 1.62 bits per heavy atom. The molecule has 0 unspecified atom stereocenters. The maximum absolute atomic E-state index is 11.3. The van der Waals surface area contributed by atoms with Crippen LogP contribution in [0.3, 0.4) is 0 Å². The summed E-state index contributed by atoms with van der Waals surface area (Å²) < 4.78 is 5.02. The molecule has 0 amide bonds. The monoisotopic (exact) mass is 241 g/mol. The third-order valence-electron chi connectivity index (χ3n) is 2.08. The normalized spacial score (nSPS) is 9.94. The Morgan fingerprint density at radius 2 is 2.31 bits per heavy atom. The second-order valence-electron chi connectivity index (χ2n) is 3.35. The van der Waals surface area contributed by atoms with Crippen LogP contribution in [-0.2, 0) is 16.0 Å². The molecule has 0 saturated heterocycles. The van der Waals surface area contributed by atoms with Crippen molar-refractivity contribution in [2.24, 2.45) is 0 Å². The van der Waals surface area contributed by atoms with E-state index in [1.165, 1.54) is 7.11 Å². The molecule has 0 saturated carbocycles. The van der Waals surface area contributed by atoms with E-state index in [4.69, 9.17) is 16.3 Å². The molecule has 4 nitrogen and oxygen atoms in total. The quantitative estimate of drug-likeness (QED) is 0.448. The van der Waals surface area contributed by atoms with Gasteiger partial charge in [-0.25, -0.2) is 4.98 Å². The Kier molecular flexibility index (Phi) is 4.43. The number of Topliss-reactive ketones (excluding diaryl/α,β-unsaturated/α-hetero) is 1. The molecule has 0 aliphatic rings. The fourth-order valence-electron chi connectivity index (χ4n) is 1.31. The number of rotatable bonds is 5. The van der Waals surface area contributed by atoms with Crippen LogP contribution in [0.25, 0.3) is 0 Å². The van der Waals surface area contributed by atoms with Gasteiger partial charge in [0.15, 0.2) is 0 Å². The first kappa shape index (κ1) is 12.6. The predicted octanol–water partition coefficient (Wildman–Crippen LogP) is 1.75. The van der Waals surface area contributed by atoms with Gasteiger partial charge in [-0.3, -0.25) is 4.79 Å². The van der Waals surface area contributed by atoms with Gasteiger partial charge in [-0.1, -0.05) is 11.6 Å². The van der Waals surface area contributed by atoms with Crippen molar-refractivity contribution >= 4 is 23.7 Å². The van der Waals surface area contributed by atoms with Gasteiger partial charge in [0.1, 0.15) is 17.2 Å². The van der Waals surface area contributed by atoms with Crippen LogP contribution in [-0.4, -0.2) is 24.2 Å². The Labute approximate surface area is 98.6 Å². The van der Waals surface area contributed by atoms with Gasteiger partial charge in [0.25, 0.3) is 0 Å². The van der Waals surface area contributed by atoms with Crippen molar-refractivity contribution in [2.75, 3.05) is 7.11 Å². The lowest BCUT2D eigenvalue weighted by molar-refractivity contribution is -0.121. The molecule has 0 fully saturated rings. The van der Waals surface area contributed by atoms with Crippen molar-refractivity contribution in [3.05, 3.63) is 22.3 Å². The summed E-state index contributed by atoms with van der Waals surface area (Å²) >= 11 is 5.83. The second kappa shape index (κ2) is 5.61. The summed E-state index contributed by atoms with van der Waals surface area (Å²) in [6, 6.07) is 1.75. The van der Waals surface area contributed by atoms with Crippen LogP contribution in [0.5, 0.6) is 5.88 Å². The highest BCUT2D eigenvalue weighted by molar-refractivity contribution is 6.30. The zero-order valence-corrected chi connectivity index (χ0v) is 9.87. The van der Waals surface area contributed by atoms with E-state index in [9.17, 15) is 9.59 Å². The van der Waals surface area contributed by atoms with Crippen LogP contribution in [0, 0.1) is 6.92 Å². The highest BCUT2D eigenvalue weighted by Gasteiger charge is 2.12. The fourth-order valence-corrected chi connectivity index (χ4v) is 1.44. The summed E-state index contributed by atoms with van der Waals surface area (Å²) in [6.45, 7) is 1.79. The maximum Gasteiger partial charge on any atom is 0.218 e. The molecule has 16 heavy (non-hydrogen) atoms. The van der Waals surface area contributed by atoms with E-state index in [-0.39, 0.29) is 18.6 Å². The van der Waals surface area contributed by atoms with Gasteiger partial charge >= 0.3 is 0 Å². The van der Waals surface area contributed by atoms with Crippen LogP contribution in [0.1, 0.15) is 17.5 Å². The smallest absolute Gasteiger partial charge is 0.218 e. The number of carbonyl (C=O) groups excluding carboxylic acids is 2. The molecule has 5 heteroatoms. The second-order valence-corrected chi connectivity index (χ2v) is 3.71. The number of methoxy groups -OCH3 is 1. The van der Waals surface area contributed by atoms with E-state index < -0.39 is 0 Å². The molecular weight excluding hydrogens is 230 g/mol. The first-order valence-electron chi connectivity index (χ1n) is 4.73. The molecular formula is C11H12ClNO3. The number of aldehydes is 1. The molecule has 0 spiro atoms. The van der Waals surface area contributed by atoms with Crippen molar-refractivity contribution in [3.63, 3.8) is 0 Å². The van der Waals surface area contributed by atoms with Gasteiger partial charge < -0.3 is 9.53 Å². The number of pyridine rings is 1. The Hall–Kier alpha value is -1.42. The van der Waals surface area contributed by atoms with Crippen LogP contribution >= 0.6 is 11.6 Å². The molecule has 0 atom stereocenters. The van der Waals surface area contributed by atoms with Crippen molar-refractivity contribution in [1.29, 1.82) is 0 Å². The summed E-state index contributed by atoms with van der Waals surface area (Å²) in [4.78, 5) is 25.5. The third-order valence-corrected chi connectivity index (χ3v) is 2.47. The minimum atomic E-state index is -0.170. The summed E-state index contributed by atoms with van der Waals surface area (Å²) in [5.41, 5.74) is 1.42. The van der Waals surface area contributed by atoms with Crippen LogP contribution in [0.4, 0.5) is 0 Å². The minimum absolute atomic E-state index is 0.0924. The number of carbonyl (C=O) groups is 2. The first-order chi connectivity index (χ1) is 7.58. The van der Waals surface area contributed by atoms with Crippen LogP contribution in [0.2, 0.25) is 5.15 Å². The molecule has 0 aliphatic carbocycles. The molecule has 0 N–H and O–H groups in total. The van der Waals surface area contributed by atoms with Crippen molar-refractivity contribution in [1.82, 2.24) is 4.98 Å². The lowest BCUT2D eigenvalue weighted by Crippen LogP contribution is -2.06. The van der Waals surface area contributed by atoms with Gasteiger partial charge in [-0.05, 0) is 18.6 Å². The van der Waals surface area contributed by atoms with Crippen LogP contribution in [0.15, 0.2) is 6.07 Å². The number of hydrogen-bond acceptors (Lipinski definition) is 4. The Bertz CT molecular complexity index is 418. The van der Waals surface area contributed by atoms with Gasteiger partial charge in [0.2, 0.25) is 5.88 Å². The van der Waals surface area contributed by atoms with Crippen molar-refractivity contribution < 1.29 is 14.3 Å². The number of nitrogens with zero attached hydrogens (tertiary/aromatic N) is 1. The number of aromatic nitrogens is 1. The van der Waals surface area contributed by atoms with Crippen molar-refractivity contribution in [3.8, 4) is 5.88 Å². The number of halogens is 1. The van der Waals surface area contributed by atoms with Gasteiger partial charge in [-0.15, -0.1) is 0 Å². The molecule has 1 rings (SSSR count). The third kappa shape index (κ3) is 3.03. The van der Waals surface area contributed by atoms with Gasteiger partial charge in [0.05, 0.1) is 13.5 Å². The average Bonchev–Trinajstić information content (AvgIpc) is 2.23. The number of ether oxygens (including phenoxy) is 1.